The molecule has 1 fully saturated rings. The van der Waals surface area contributed by atoms with E-state index in [9.17, 15) is 9.59 Å². The number of amides is 1. The Hall–Kier alpha value is -1.61. The van der Waals surface area contributed by atoms with Gasteiger partial charge in [-0.25, -0.2) is 4.79 Å². The van der Waals surface area contributed by atoms with Crippen LogP contribution in [0.5, 0.6) is 0 Å². The number of nitrogens with zero attached hydrogens (tertiary/aromatic N) is 3. The van der Waals surface area contributed by atoms with Gasteiger partial charge in [-0.15, -0.1) is 0 Å². The van der Waals surface area contributed by atoms with Crippen LogP contribution in [0, 0.1) is 0 Å². The molecule has 146 valence electrons. The fourth-order valence-electron chi connectivity index (χ4n) is 2.88. The number of aliphatic carboxylic acids is 1. The molecule has 0 bridgehead atoms. The highest BCUT2D eigenvalue weighted by atomic mass is 79.9. The van der Waals surface area contributed by atoms with Crippen LogP contribution in [0.4, 0.5) is 4.79 Å². The van der Waals surface area contributed by atoms with E-state index in [1.54, 1.807) is 4.90 Å². The number of rotatable bonds is 6. The minimum atomic E-state index is -0.913. The first-order valence-electron chi connectivity index (χ1n) is 8.79. The second kappa shape index (κ2) is 8.85. The first-order valence-corrected chi connectivity index (χ1v) is 9.58. The van der Waals surface area contributed by atoms with Gasteiger partial charge in [0.2, 0.25) is 0 Å². The summed E-state index contributed by atoms with van der Waals surface area (Å²) in [7, 11) is 0. The summed E-state index contributed by atoms with van der Waals surface area (Å²) in [6, 6.07) is 2.18. The van der Waals surface area contributed by atoms with Crippen molar-refractivity contribution in [1.29, 1.82) is 0 Å². The van der Waals surface area contributed by atoms with Crippen molar-refractivity contribution in [1.82, 2.24) is 20.0 Å². The fraction of sp³-hybridized carbons (Fsp3) is 0.706. The molecule has 1 saturated heterocycles. The third-order valence-electron chi connectivity index (χ3n) is 4.08. The number of halogens is 1. The average Bonchev–Trinajstić information content (AvgIpc) is 2.85. The largest absolute Gasteiger partial charge is 0.480 e. The summed E-state index contributed by atoms with van der Waals surface area (Å²) in [5.41, 5.74) is 0.400. The van der Waals surface area contributed by atoms with Gasteiger partial charge in [0, 0.05) is 37.8 Å². The first-order chi connectivity index (χ1) is 12.1. The number of carbonyl (C=O) groups is 2. The van der Waals surface area contributed by atoms with Crippen molar-refractivity contribution in [2.75, 3.05) is 19.6 Å². The number of ether oxygens (including phenoxy) is 1. The van der Waals surface area contributed by atoms with E-state index in [0.717, 1.165) is 25.1 Å². The summed E-state index contributed by atoms with van der Waals surface area (Å²) >= 11 is 3.29. The van der Waals surface area contributed by atoms with Crippen LogP contribution in [0.1, 0.15) is 39.3 Å². The molecule has 0 spiro atoms. The van der Waals surface area contributed by atoms with Crippen LogP contribution < -0.4 is 5.32 Å². The summed E-state index contributed by atoms with van der Waals surface area (Å²) in [4.78, 5) is 24.7. The minimum absolute atomic E-state index is 0.144. The minimum Gasteiger partial charge on any atom is -0.480 e. The van der Waals surface area contributed by atoms with Gasteiger partial charge >= 0.3 is 12.1 Å². The maximum absolute atomic E-state index is 12.1. The van der Waals surface area contributed by atoms with E-state index in [0.29, 0.717) is 30.2 Å². The Kier molecular flexibility index (Phi) is 7.05. The normalized spacial score (nSPS) is 15.9. The Bertz CT molecular complexity index is 633. The molecule has 26 heavy (non-hydrogen) atoms. The number of piperidine rings is 1. The molecule has 1 amide bonds. The van der Waals surface area contributed by atoms with Gasteiger partial charge in [-0.2, -0.15) is 5.10 Å². The Morgan fingerprint density at radius 1 is 1.38 bits per heavy atom. The number of nitrogens with one attached hydrogen (secondary N) is 1. The van der Waals surface area contributed by atoms with E-state index in [-0.39, 0.29) is 12.6 Å². The molecule has 1 aliphatic rings. The molecule has 0 unspecified atom stereocenters. The van der Waals surface area contributed by atoms with Crippen LogP contribution in [-0.2, 0) is 22.5 Å². The van der Waals surface area contributed by atoms with Crippen LogP contribution in [-0.4, -0.2) is 63.1 Å². The smallest absolute Gasteiger partial charge is 0.410 e. The number of likely N-dealkylation sites (tertiary alicyclic amines) is 1. The van der Waals surface area contributed by atoms with Crippen molar-refractivity contribution in [2.45, 2.75) is 58.2 Å². The zero-order valence-electron chi connectivity index (χ0n) is 15.5. The lowest BCUT2D eigenvalue weighted by molar-refractivity contribution is -0.137. The van der Waals surface area contributed by atoms with Gasteiger partial charge in [-0.05, 0) is 55.6 Å². The van der Waals surface area contributed by atoms with E-state index in [2.05, 4.69) is 26.3 Å². The Balaban J connectivity index is 1.74. The van der Waals surface area contributed by atoms with Gasteiger partial charge in [0.1, 0.15) is 16.7 Å². The third kappa shape index (κ3) is 6.60. The summed E-state index contributed by atoms with van der Waals surface area (Å²) in [6.07, 6.45) is 2.19. The Morgan fingerprint density at radius 3 is 2.62 bits per heavy atom. The Morgan fingerprint density at radius 2 is 2.04 bits per heavy atom. The molecular formula is C17H27BrN4O4. The topological polar surface area (TPSA) is 96.7 Å². The van der Waals surface area contributed by atoms with Crippen molar-refractivity contribution < 1.29 is 19.4 Å². The highest BCUT2D eigenvalue weighted by Crippen LogP contribution is 2.16. The van der Waals surface area contributed by atoms with Gasteiger partial charge in [-0.1, -0.05) is 0 Å². The monoisotopic (exact) mass is 430 g/mol. The second-order valence-electron chi connectivity index (χ2n) is 7.46. The lowest BCUT2D eigenvalue weighted by Crippen LogP contribution is -2.46. The van der Waals surface area contributed by atoms with Crippen molar-refractivity contribution in [3.05, 3.63) is 16.4 Å². The molecule has 9 heteroatoms. The predicted molar refractivity (Wildman–Crippen MR) is 100 cm³/mol. The van der Waals surface area contributed by atoms with Gasteiger partial charge in [0.25, 0.3) is 0 Å². The molecule has 1 aromatic rings. The maximum Gasteiger partial charge on any atom is 0.410 e. The van der Waals surface area contributed by atoms with Crippen LogP contribution in [0.15, 0.2) is 10.7 Å². The van der Waals surface area contributed by atoms with Gasteiger partial charge in [0.05, 0.1) is 0 Å². The highest BCUT2D eigenvalue weighted by molar-refractivity contribution is 9.10. The van der Waals surface area contributed by atoms with Gasteiger partial charge in [0.15, 0.2) is 0 Å². The van der Waals surface area contributed by atoms with E-state index in [1.807, 2.05) is 26.8 Å². The zero-order chi connectivity index (χ0) is 19.3. The quantitative estimate of drug-likeness (QED) is 0.718. The number of carboxylic acids is 1. The molecule has 0 atom stereocenters. The van der Waals surface area contributed by atoms with E-state index in [1.165, 1.54) is 4.68 Å². The molecule has 0 aromatic carbocycles. The van der Waals surface area contributed by atoms with Crippen LogP contribution in [0.25, 0.3) is 0 Å². The third-order valence-corrected chi connectivity index (χ3v) is 4.47. The van der Waals surface area contributed by atoms with Gasteiger partial charge in [-0.3, -0.25) is 9.48 Å². The number of hydrogen-bond acceptors (Lipinski definition) is 5. The predicted octanol–water partition coefficient (Wildman–Crippen LogP) is 2.26. The van der Waals surface area contributed by atoms with E-state index < -0.39 is 11.6 Å². The number of hydrogen-bond donors (Lipinski definition) is 2. The van der Waals surface area contributed by atoms with Crippen LogP contribution in [0.3, 0.4) is 0 Å². The van der Waals surface area contributed by atoms with E-state index in [4.69, 9.17) is 9.84 Å². The molecule has 0 saturated carbocycles. The maximum atomic E-state index is 12.1. The molecule has 8 nitrogen and oxygen atoms in total. The average molecular weight is 431 g/mol. The lowest BCUT2D eigenvalue weighted by Gasteiger charge is -2.33. The number of aromatic nitrogens is 2. The number of carbonyl (C=O) groups excluding carboxylic acids is 1. The standard InChI is InChI=1S/C17H27BrN4O4/c1-17(2,3)26-16(25)21-8-5-12(6-9-21)19-7-4-13-10-14(18)20-22(13)11-15(23)24/h10,12,19H,4-9,11H2,1-3H3,(H,23,24). The van der Waals surface area contributed by atoms with Gasteiger partial charge < -0.3 is 20.1 Å². The molecule has 1 aliphatic heterocycles. The number of carboxylic acid groups (broad SMARTS) is 1. The Labute approximate surface area is 162 Å². The van der Waals surface area contributed by atoms with Crippen molar-refractivity contribution >= 4 is 28.0 Å². The zero-order valence-corrected chi connectivity index (χ0v) is 17.1. The van der Waals surface area contributed by atoms with Crippen molar-refractivity contribution in [2.24, 2.45) is 0 Å². The summed E-state index contributed by atoms with van der Waals surface area (Å²) in [6.45, 7) is 7.54. The van der Waals surface area contributed by atoms with Crippen LogP contribution in [0.2, 0.25) is 0 Å². The summed E-state index contributed by atoms with van der Waals surface area (Å²) < 4.78 is 7.54. The molecule has 2 N–H and O–H groups in total. The molecule has 1 aromatic heterocycles. The summed E-state index contributed by atoms with van der Waals surface area (Å²) in [5.74, 6) is -0.913. The fourth-order valence-corrected chi connectivity index (χ4v) is 3.34. The second-order valence-corrected chi connectivity index (χ2v) is 8.27. The van der Waals surface area contributed by atoms with Crippen LogP contribution >= 0.6 is 15.9 Å². The SMILES string of the molecule is CC(C)(C)OC(=O)N1CCC(NCCc2cc(Br)nn2CC(=O)O)CC1. The highest BCUT2D eigenvalue weighted by Gasteiger charge is 2.26. The van der Waals surface area contributed by atoms with E-state index >= 15 is 0 Å². The molecule has 0 radical (unpaired) electrons. The lowest BCUT2D eigenvalue weighted by atomic mass is 10.1. The van der Waals surface area contributed by atoms with Crippen molar-refractivity contribution in [3.63, 3.8) is 0 Å². The summed E-state index contributed by atoms with van der Waals surface area (Å²) in [5, 5.41) is 16.6. The van der Waals surface area contributed by atoms with Crippen molar-refractivity contribution in [3.8, 4) is 0 Å². The first kappa shape index (κ1) is 20.7. The molecule has 2 heterocycles. The molecule has 2 rings (SSSR count). The molecular weight excluding hydrogens is 404 g/mol. The molecule has 0 aliphatic carbocycles.